The van der Waals surface area contributed by atoms with Crippen LogP contribution in [0.15, 0.2) is 35.2 Å². The van der Waals surface area contributed by atoms with Crippen LogP contribution < -0.4 is 10.5 Å². The molecular weight excluding hydrogens is 481 g/mol. The van der Waals surface area contributed by atoms with Crippen molar-refractivity contribution in [3.05, 3.63) is 63.7 Å². The summed E-state index contributed by atoms with van der Waals surface area (Å²) in [6, 6.07) is 8.92. The van der Waals surface area contributed by atoms with Gasteiger partial charge in [-0.05, 0) is 94.3 Å². The topological polar surface area (TPSA) is 72.2 Å². The molecule has 0 bridgehead atoms. The molecule has 3 rings (SSSR count). The molecule has 1 fully saturated rings. The van der Waals surface area contributed by atoms with Gasteiger partial charge < -0.3 is 5.73 Å². The van der Waals surface area contributed by atoms with Gasteiger partial charge in [0.05, 0.1) is 4.90 Å². The molecule has 2 aromatic rings. The van der Waals surface area contributed by atoms with Crippen LogP contribution >= 0.6 is 0 Å². The second-order valence-electron chi connectivity index (χ2n) is 8.37. The molecule has 1 saturated carbocycles. The van der Waals surface area contributed by atoms with Crippen molar-refractivity contribution in [2.24, 2.45) is 5.73 Å². The van der Waals surface area contributed by atoms with Crippen LogP contribution in [0.4, 0.5) is 0 Å². The Kier molecular flexibility index (Phi) is 10.4. The largest absolute Gasteiger partial charge is 0.326 e. The quantitative estimate of drug-likeness (QED) is 0.576. The van der Waals surface area contributed by atoms with E-state index in [1.165, 1.54) is 27.8 Å². The Balaban J connectivity index is 0.000000324. The molecule has 0 unspecified atom stereocenters. The number of hydrogen-bond donors (Lipinski definition) is 2. The van der Waals surface area contributed by atoms with Crippen LogP contribution in [0.25, 0.3) is 0 Å². The summed E-state index contributed by atoms with van der Waals surface area (Å²) in [4.78, 5) is 0.311. The molecule has 0 aliphatic heterocycles. The Morgan fingerprint density at radius 2 is 1.33 bits per heavy atom. The summed E-state index contributed by atoms with van der Waals surface area (Å²) in [5.74, 6) is 0. The normalized spacial score (nSPS) is 18.8. The smallest absolute Gasteiger partial charge is 0.240 e. The molecule has 1 aliphatic carbocycles. The van der Waals surface area contributed by atoms with E-state index in [-0.39, 0.29) is 31.6 Å². The minimum atomic E-state index is -3.44. The Morgan fingerprint density at radius 3 is 1.83 bits per heavy atom. The van der Waals surface area contributed by atoms with E-state index in [4.69, 9.17) is 5.73 Å². The second-order valence-corrected chi connectivity index (χ2v) is 10.1. The van der Waals surface area contributed by atoms with Crippen LogP contribution in [0.5, 0.6) is 0 Å². The third-order valence-electron chi connectivity index (χ3n) is 6.20. The molecule has 0 radical (unpaired) electrons. The summed E-state index contributed by atoms with van der Waals surface area (Å²) in [5.41, 5.74) is 14.1. The third kappa shape index (κ3) is 6.98. The zero-order valence-electron chi connectivity index (χ0n) is 19.0. The van der Waals surface area contributed by atoms with Gasteiger partial charge in [0.15, 0.2) is 0 Å². The Labute approximate surface area is 195 Å². The zero-order chi connectivity index (χ0) is 21.8. The maximum atomic E-state index is 12.2. The molecule has 3 N–H and O–H groups in total. The summed E-state index contributed by atoms with van der Waals surface area (Å²) >= 11 is 0. The molecule has 0 saturated heterocycles. The Bertz CT molecular complexity index is 914. The van der Waals surface area contributed by atoms with Crippen LogP contribution in [-0.2, 0) is 29.5 Å². The van der Waals surface area contributed by atoms with Crippen LogP contribution in [-0.4, -0.2) is 20.5 Å². The fraction of sp³-hybridized carbons (Fsp3) is 0.500. The number of sulfonamides is 1. The van der Waals surface area contributed by atoms with E-state index >= 15 is 0 Å². The van der Waals surface area contributed by atoms with Crippen molar-refractivity contribution in [2.75, 3.05) is 0 Å². The molecule has 4 nitrogen and oxygen atoms in total. The third-order valence-corrected chi connectivity index (χ3v) is 7.70. The van der Waals surface area contributed by atoms with Crippen molar-refractivity contribution >= 4 is 10.0 Å². The Morgan fingerprint density at radius 1 is 0.833 bits per heavy atom. The standard InChI is InChI=1S/C13H20N2O2S.C11H16.Ru/c1-10-6-8-11(9-7-10)18(16,17)15-13-5-3-2-4-12(13)14;1-7-6-8(2)10(4)11(5)9(7)3;/h6-9,12-13,15H,2-5,14H2,1H3;6H,1-5H3;/t12-,13-;;/m0../s1. The van der Waals surface area contributed by atoms with Crippen LogP contribution in [0.3, 0.4) is 0 Å². The first-order chi connectivity index (χ1) is 13.5. The minimum absolute atomic E-state index is 0. The SMILES string of the molecule is Cc1cc(C)c(C)c(C)c1C.Cc1ccc(S(=O)(=O)N[C@H]2CCCC[C@@H]2N)cc1.[Ru]. The van der Waals surface area contributed by atoms with E-state index in [0.717, 1.165) is 31.2 Å². The summed E-state index contributed by atoms with van der Waals surface area (Å²) in [6.07, 6.45) is 3.84. The molecule has 0 spiro atoms. The van der Waals surface area contributed by atoms with E-state index < -0.39 is 10.0 Å². The van der Waals surface area contributed by atoms with Gasteiger partial charge in [0.1, 0.15) is 0 Å². The maximum Gasteiger partial charge on any atom is 0.240 e. The molecule has 30 heavy (non-hydrogen) atoms. The molecule has 0 amide bonds. The van der Waals surface area contributed by atoms with E-state index in [1.807, 2.05) is 6.92 Å². The summed E-state index contributed by atoms with van der Waals surface area (Å²) in [5, 5.41) is 0. The average molecular weight is 518 g/mol. The number of rotatable bonds is 3. The van der Waals surface area contributed by atoms with E-state index in [9.17, 15) is 8.42 Å². The van der Waals surface area contributed by atoms with Gasteiger partial charge in [-0.3, -0.25) is 0 Å². The van der Waals surface area contributed by atoms with Crippen molar-refractivity contribution in [3.63, 3.8) is 0 Å². The molecule has 6 heteroatoms. The van der Waals surface area contributed by atoms with Crippen molar-refractivity contribution in [1.29, 1.82) is 0 Å². The molecular formula is C24H36N2O2RuS. The average Bonchev–Trinajstić information content (AvgIpc) is 2.67. The van der Waals surface area contributed by atoms with E-state index in [1.54, 1.807) is 24.3 Å². The number of hydrogen-bond acceptors (Lipinski definition) is 3. The molecule has 168 valence electrons. The summed E-state index contributed by atoms with van der Waals surface area (Å²) < 4.78 is 27.1. The fourth-order valence-electron chi connectivity index (χ4n) is 3.70. The summed E-state index contributed by atoms with van der Waals surface area (Å²) in [7, 11) is -3.44. The monoisotopic (exact) mass is 518 g/mol. The number of aryl methyl sites for hydroxylation is 3. The van der Waals surface area contributed by atoms with Crippen molar-refractivity contribution in [1.82, 2.24) is 4.72 Å². The van der Waals surface area contributed by atoms with Gasteiger partial charge in [0.25, 0.3) is 0 Å². The van der Waals surface area contributed by atoms with Crippen LogP contribution in [0.1, 0.15) is 59.1 Å². The van der Waals surface area contributed by atoms with Crippen molar-refractivity contribution in [3.8, 4) is 0 Å². The molecule has 1 aliphatic rings. The fourth-order valence-corrected chi connectivity index (χ4v) is 5.03. The first kappa shape index (κ1) is 27.0. The van der Waals surface area contributed by atoms with E-state index in [0.29, 0.717) is 4.90 Å². The van der Waals surface area contributed by atoms with Crippen LogP contribution in [0, 0.1) is 41.5 Å². The van der Waals surface area contributed by atoms with Gasteiger partial charge in [0.2, 0.25) is 10.0 Å². The molecule has 2 aromatic carbocycles. The number of benzene rings is 2. The predicted molar refractivity (Wildman–Crippen MR) is 122 cm³/mol. The minimum Gasteiger partial charge on any atom is -0.326 e. The first-order valence-electron chi connectivity index (χ1n) is 10.4. The van der Waals surface area contributed by atoms with Crippen molar-refractivity contribution < 1.29 is 27.9 Å². The van der Waals surface area contributed by atoms with Crippen LogP contribution in [0.2, 0.25) is 0 Å². The maximum absolute atomic E-state index is 12.2. The zero-order valence-corrected chi connectivity index (χ0v) is 21.6. The molecule has 0 aromatic heterocycles. The van der Waals surface area contributed by atoms with Gasteiger partial charge >= 0.3 is 0 Å². The number of nitrogens with two attached hydrogens (primary N) is 1. The van der Waals surface area contributed by atoms with Gasteiger partial charge in [-0.25, -0.2) is 13.1 Å². The molecule has 0 heterocycles. The van der Waals surface area contributed by atoms with Gasteiger partial charge in [0, 0.05) is 31.6 Å². The van der Waals surface area contributed by atoms with Gasteiger partial charge in [-0.15, -0.1) is 0 Å². The summed E-state index contributed by atoms with van der Waals surface area (Å²) in [6.45, 7) is 12.9. The number of nitrogens with one attached hydrogen (secondary N) is 1. The molecule has 2 atom stereocenters. The van der Waals surface area contributed by atoms with Gasteiger partial charge in [-0.1, -0.05) is 36.6 Å². The van der Waals surface area contributed by atoms with Crippen molar-refractivity contribution in [2.45, 2.75) is 84.2 Å². The predicted octanol–water partition coefficient (Wildman–Crippen LogP) is 4.77. The first-order valence-corrected chi connectivity index (χ1v) is 11.9. The second kappa shape index (κ2) is 11.5. The van der Waals surface area contributed by atoms with Gasteiger partial charge in [-0.2, -0.15) is 0 Å². The van der Waals surface area contributed by atoms with E-state index in [2.05, 4.69) is 45.4 Å². The Hall–Kier alpha value is -1.07.